The van der Waals surface area contributed by atoms with Crippen LogP contribution in [-0.4, -0.2) is 31.3 Å². The van der Waals surface area contributed by atoms with Crippen molar-refractivity contribution in [1.29, 1.82) is 0 Å². The molecule has 0 fully saturated rings. The van der Waals surface area contributed by atoms with Gasteiger partial charge in [0.05, 0.1) is 6.04 Å². The monoisotopic (exact) mass is 220 g/mol. The number of hydrogen-bond acceptors (Lipinski definition) is 3. The van der Waals surface area contributed by atoms with Gasteiger partial charge in [0.15, 0.2) is 6.10 Å². The zero-order valence-electron chi connectivity index (χ0n) is 10.4. The van der Waals surface area contributed by atoms with Crippen LogP contribution in [0.25, 0.3) is 0 Å². The van der Waals surface area contributed by atoms with Gasteiger partial charge in [-0.15, -0.1) is 0 Å². The lowest BCUT2D eigenvalue weighted by Gasteiger charge is -2.27. The molecule has 0 aliphatic heterocycles. The van der Waals surface area contributed by atoms with Crippen molar-refractivity contribution in [3.05, 3.63) is 35.9 Å². The fourth-order valence-electron chi connectivity index (χ4n) is 1.47. The normalized spacial score (nSPS) is 15.3. The van der Waals surface area contributed by atoms with Crippen LogP contribution in [0.15, 0.2) is 35.5 Å². The summed E-state index contributed by atoms with van der Waals surface area (Å²) in [6.07, 6.45) is 1.63. The van der Waals surface area contributed by atoms with Gasteiger partial charge >= 0.3 is 0 Å². The van der Waals surface area contributed by atoms with Crippen molar-refractivity contribution >= 4 is 6.21 Å². The summed E-state index contributed by atoms with van der Waals surface area (Å²) >= 11 is 0. The van der Waals surface area contributed by atoms with Gasteiger partial charge in [0, 0.05) is 6.21 Å². The maximum Gasteiger partial charge on any atom is 0.167 e. The lowest BCUT2D eigenvalue weighted by molar-refractivity contribution is 0.00690. The van der Waals surface area contributed by atoms with E-state index in [0.717, 1.165) is 5.56 Å². The maximum absolute atomic E-state index is 5.53. The number of likely N-dealkylation sites (N-methyl/N-ethyl adjacent to an activating group) is 1. The third kappa shape index (κ3) is 3.35. The van der Waals surface area contributed by atoms with Crippen molar-refractivity contribution in [2.45, 2.75) is 26.0 Å². The molecule has 0 aliphatic carbocycles. The van der Waals surface area contributed by atoms with Crippen molar-refractivity contribution in [3.8, 4) is 0 Å². The van der Waals surface area contributed by atoms with E-state index >= 15 is 0 Å². The first-order chi connectivity index (χ1) is 7.66. The van der Waals surface area contributed by atoms with Gasteiger partial charge in [0.25, 0.3) is 0 Å². The minimum absolute atomic E-state index is 0.0348. The van der Waals surface area contributed by atoms with Crippen molar-refractivity contribution in [1.82, 2.24) is 4.90 Å². The molecule has 88 valence electrons. The maximum atomic E-state index is 5.53. The smallest absolute Gasteiger partial charge is 0.167 e. The van der Waals surface area contributed by atoms with Crippen molar-refractivity contribution in [2.75, 3.05) is 14.1 Å². The summed E-state index contributed by atoms with van der Waals surface area (Å²) in [6, 6.07) is 10.4. The Hall–Kier alpha value is -1.35. The fraction of sp³-hybridized carbons (Fsp3) is 0.462. The molecule has 0 heterocycles. The van der Waals surface area contributed by atoms with E-state index in [4.69, 9.17) is 4.84 Å². The molecular formula is C13H20N2O. The Morgan fingerprint density at radius 3 is 2.38 bits per heavy atom. The number of benzene rings is 1. The van der Waals surface area contributed by atoms with Crippen molar-refractivity contribution < 1.29 is 4.84 Å². The predicted octanol–water partition coefficient (Wildman–Crippen LogP) is 2.70. The van der Waals surface area contributed by atoms with Gasteiger partial charge in [-0.25, -0.2) is 0 Å². The number of nitrogens with zero attached hydrogens (tertiary/aromatic N) is 2. The van der Waals surface area contributed by atoms with Crippen LogP contribution in [-0.2, 0) is 4.84 Å². The molecule has 3 nitrogen and oxygen atoms in total. The van der Waals surface area contributed by atoms with E-state index in [1.54, 1.807) is 6.21 Å². The topological polar surface area (TPSA) is 24.8 Å². The Morgan fingerprint density at radius 2 is 1.88 bits per heavy atom. The second-order valence-electron chi connectivity index (χ2n) is 4.00. The van der Waals surface area contributed by atoms with Crippen LogP contribution in [0.3, 0.4) is 0 Å². The van der Waals surface area contributed by atoms with Gasteiger partial charge in [-0.2, -0.15) is 0 Å². The minimum Gasteiger partial charge on any atom is -0.386 e. The fourth-order valence-corrected chi connectivity index (χ4v) is 1.47. The molecule has 0 saturated heterocycles. The van der Waals surface area contributed by atoms with Gasteiger partial charge in [0.2, 0.25) is 0 Å². The average molecular weight is 220 g/mol. The molecule has 0 saturated carbocycles. The Morgan fingerprint density at radius 1 is 1.25 bits per heavy atom. The van der Waals surface area contributed by atoms with Gasteiger partial charge in [0.1, 0.15) is 0 Å². The summed E-state index contributed by atoms with van der Waals surface area (Å²) in [4.78, 5) is 7.66. The summed E-state index contributed by atoms with van der Waals surface area (Å²) in [5.74, 6) is 0. The molecule has 16 heavy (non-hydrogen) atoms. The van der Waals surface area contributed by atoms with Crippen LogP contribution in [0, 0.1) is 0 Å². The molecule has 2 atom stereocenters. The molecule has 0 radical (unpaired) electrons. The van der Waals surface area contributed by atoms with Gasteiger partial charge in [-0.1, -0.05) is 35.5 Å². The van der Waals surface area contributed by atoms with Crippen LogP contribution < -0.4 is 0 Å². The Balaban J connectivity index is 2.87. The largest absolute Gasteiger partial charge is 0.386 e. The number of hydrogen-bond donors (Lipinski definition) is 0. The molecule has 1 aromatic rings. The highest BCUT2D eigenvalue weighted by molar-refractivity contribution is 5.52. The van der Waals surface area contributed by atoms with Gasteiger partial charge < -0.3 is 9.74 Å². The van der Waals surface area contributed by atoms with E-state index in [1.807, 2.05) is 39.2 Å². The minimum atomic E-state index is -0.0348. The zero-order valence-corrected chi connectivity index (χ0v) is 10.4. The molecule has 1 rings (SSSR count). The highest BCUT2D eigenvalue weighted by atomic mass is 16.6. The molecule has 0 spiro atoms. The van der Waals surface area contributed by atoms with E-state index < -0.39 is 0 Å². The SMILES string of the molecule is C/C=N/O[C@@H](c1ccccc1)[C@H](C)N(C)C. The van der Waals surface area contributed by atoms with Crippen LogP contribution in [0.2, 0.25) is 0 Å². The second-order valence-corrected chi connectivity index (χ2v) is 4.00. The molecule has 0 aliphatic rings. The number of oxime groups is 1. The van der Waals surface area contributed by atoms with Crippen LogP contribution >= 0.6 is 0 Å². The third-order valence-electron chi connectivity index (χ3n) is 2.66. The first kappa shape index (κ1) is 12.7. The summed E-state index contributed by atoms with van der Waals surface area (Å²) in [6.45, 7) is 3.98. The molecule has 0 unspecified atom stereocenters. The van der Waals surface area contributed by atoms with Crippen LogP contribution in [0.1, 0.15) is 25.5 Å². The second kappa shape index (κ2) is 6.28. The first-order valence-electron chi connectivity index (χ1n) is 5.52. The van der Waals surface area contributed by atoms with Gasteiger partial charge in [-0.3, -0.25) is 0 Å². The highest BCUT2D eigenvalue weighted by Gasteiger charge is 2.22. The van der Waals surface area contributed by atoms with Crippen molar-refractivity contribution in [2.24, 2.45) is 5.16 Å². The Labute approximate surface area is 97.7 Å². The zero-order chi connectivity index (χ0) is 12.0. The van der Waals surface area contributed by atoms with Crippen LogP contribution in [0.5, 0.6) is 0 Å². The van der Waals surface area contributed by atoms with E-state index in [1.165, 1.54) is 0 Å². The molecule has 3 heteroatoms. The molecule has 0 aromatic heterocycles. The molecule has 1 aromatic carbocycles. The molecular weight excluding hydrogens is 200 g/mol. The van der Waals surface area contributed by atoms with Gasteiger partial charge in [-0.05, 0) is 33.5 Å². The summed E-state index contributed by atoms with van der Waals surface area (Å²) in [5.41, 5.74) is 1.15. The molecule has 0 N–H and O–H groups in total. The Bertz CT molecular complexity index is 322. The van der Waals surface area contributed by atoms with E-state index in [2.05, 4.69) is 29.1 Å². The van der Waals surface area contributed by atoms with E-state index in [-0.39, 0.29) is 12.1 Å². The third-order valence-corrected chi connectivity index (χ3v) is 2.66. The summed E-state index contributed by atoms with van der Waals surface area (Å²) < 4.78 is 0. The van der Waals surface area contributed by atoms with E-state index in [0.29, 0.717) is 0 Å². The molecule has 0 bridgehead atoms. The number of rotatable bonds is 5. The quantitative estimate of drug-likeness (QED) is 0.563. The lowest BCUT2D eigenvalue weighted by Crippen LogP contribution is -2.31. The molecule has 0 amide bonds. The van der Waals surface area contributed by atoms with Crippen molar-refractivity contribution in [3.63, 3.8) is 0 Å². The standard InChI is InChI=1S/C13H20N2O/c1-5-14-16-13(11(2)15(3)4)12-9-7-6-8-10-12/h5-11,13H,1-4H3/b14-5+/t11-,13+/m0/s1. The van der Waals surface area contributed by atoms with E-state index in [9.17, 15) is 0 Å². The average Bonchev–Trinajstić information content (AvgIpc) is 2.30. The van der Waals surface area contributed by atoms with Crippen LogP contribution in [0.4, 0.5) is 0 Å². The predicted molar refractivity (Wildman–Crippen MR) is 67.6 cm³/mol. The highest BCUT2D eigenvalue weighted by Crippen LogP contribution is 2.23. The lowest BCUT2D eigenvalue weighted by atomic mass is 10.0. The Kier molecular flexibility index (Phi) is 4.99. The first-order valence-corrected chi connectivity index (χ1v) is 5.52. The summed E-state index contributed by atoms with van der Waals surface area (Å²) in [5, 5.41) is 3.90. The summed E-state index contributed by atoms with van der Waals surface area (Å²) in [7, 11) is 4.08.